The highest BCUT2D eigenvalue weighted by molar-refractivity contribution is 7.99. The van der Waals surface area contributed by atoms with Gasteiger partial charge in [-0.2, -0.15) is 0 Å². The Bertz CT molecular complexity index is 654. The molecule has 0 aliphatic heterocycles. The first-order valence-electron chi connectivity index (χ1n) is 6.87. The molecule has 0 saturated carbocycles. The number of para-hydroxylation sites is 1. The maximum absolute atomic E-state index is 12.1. The van der Waals surface area contributed by atoms with Gasteiger partial charge < -0.3 is 16.8 Å². The third-order valence-corrected chi connectivity index (χ3v) is 3.78. The van der Waals surface area contributed by atoms with Crippen molar-refractivity contribution in [3.05, 3.63) is 35.9 Å². The van der Waals surface area contributed by atoms with Gasteiger partial charge in [-0.1, -0.05) is 43.8 Å². The summed E-state index contributed by atoms with van der Waals surface area (Å²) in [5.41, 5.74) is 13.1. The number of amides is 1. The average Bonchev–Trinajstić information content (AvgIpc) is 2.44. The van der Waals surface area contributed by atoms with Gasteiger partial charge in [-0.05, 0) is 17.5 Å². The molecule has 2 aromatic rings. The quantitative estimate of drug-likeness (QED) is 0.578. The van der Waals surface area contributed by atoms with E-state index in [0.717, 1.165) is 11.3 Å². The van der Waals surface area contributed by atoms with Gasteiger partial charge in [0.1, 0.15) is 11.6 Å². The molecule has 116 valence electrons. The summed E-state index contributed by atoms with van der Waals surface area (Å²) >= 11 is 1.20. The van der Waals surface area contributed by atoms with E-state index in [1.165, 1.54) is 17.8 Å². The lowest BCUT2D eigenvalue weighted by atomic mass is 10.0. The fourth-order valence-electron chi connectivity index (χ4n) is 1.96. The van der Waals surface area contributed by atoms with Gasteiger partial charge in [-0.15, -0.1) is 0 Å². The third kappa shape index (κ3) is 4.36. The number of aromatic nitrogens is 2. The van der Waals surface area contributed by atoms with E-state index in [1.54, 1.807) is 0 Å². The molecule has 1 aromatic carbocycles. The van der Waals surface area contributed by atoms with Crippen LogP contribution in [0.15, 0.2) is 35.5 Å². The first-order valence-corrected chi connectivity index (χ1v) is 7.86. The molecule has 0 aliphatic rings. The number of hydrogen-bond donors (Lipinski definition) is 3. The molecule has 1 amide bonds. The van der Waals surface area contributed by atoms with Gasteiger partial charge in [0.25, 0.3) is 0 Å². The molecular weight excluding hydrogens is 298 g/mol. The molecule has 0 unspecified atom stereocenters. The average molecular weight is 317 g/mol. The van der Waals surface area contributed by atoms with Crippen molar-refractivity contribution in [1.82, 2.24) is 9.97 Å². The normalized spacial score (nSPS) is 10.7. The first kappa shape index (κ1) is 16.1. The highest BCUT2D eigenvalue weighted by atomic mass is 32.2. The predicted molar refractivity (Wildman–Crippen MR) is 90.7 cm³/mol. The highest BCUT2D eigenvalue weighted by Crippen LogP contribution is 2.24. The van der Waals surface area contributed by atoms with E-state index >= 15 is 0 Å². The van der Waals surface area contributed by atoms with Crippen molar-refractivity contribution in [2.24, 2.45) is 0 Å². The summed E-state index contributed by atoms with van der Waals surface area (Å²) in [6.45, 7) is 4.17. The van der Waals surface area contributed by atoms with Crippen LogP contribution >= 0.6 is 11.8 Å². The number of nitrogens with one attached hydrogen (secondary N) is 1. The number of thioether (sulfide) groups is 1. The molecule has 0 fully saturated rings. The zero-order valence-electron chi connectivity index (χ0n) is 12.5. The Kier molecular flexibility index (Phi) is 5.21. The van der Waals surface area contributed by atoms with E-state index in [4.69, 9.17) is 11.5 Å². The summed E-state index contributed by atoms with van der Waals surface area (Å²) in [5.74, 6) is 0.986. The molecule has 5 N–H and O–H groups in total. The van der Waals surface area contributed by atoms with Crippen LogP contribution in [0.3, 0.4) is 0 Å². The Labute approximate surface area is 133 Å². The standard InChI is InChI=1S/C15H19N5OS/c1-9(2)10-5-3-4-6-11(10)18-14(21)8-22-15-19-12(16)7-13(17)20-15/h3-7,9H,8H2,1-2H3,(H,18,21)(H4,16,17,19,20). The van der Waals surface area contributed by atoms with Crippen molar-refractivity contribution >= 4 is 35.0 Å². The molecule has 0 saturated heterocycles. The Morgan fingerprint density at radius 1 is 1.23 bits per heavy atom. The fourth-order valence-corrected chi connectivity index (χ4v) is 2.63. The van der Waals surface area contributed by atoms with Crippen LogP contribution in [0.4, 0.5) is 17.3 Å². The Morgan fingerprint density at radius 2 is 1.86 bits per heavy atom. The van der Waals surface area contributed by atoms with Crippen LogP contribution in [0.1, 0.15) is 25.3 Å². The van der Waals surface area contributed by atoms with Gasteiger partial charge in [-0.3, -0.25) is 4.79 Å². The van der Waals surface area contributed by atoms with Crippen LogP contribution in [0.25, 0.3) is 0 Å². The Morgan fingerprint density at radius 3 is 2.50 bits per heavy atom. The summed E-state index contributed by atoms with van der Waals surface area (Å²) in [6, 6.07) is 9.24. The van der Waals surface area contributed by atoms with E-state index in [1.807, 2.05) is 24.3 Å². The van der Waals surface area contributed by atoms with Crippen molar-refractivity contribution in [2.45, 2.75) is 24.9 Å². The monoisotopic (exact) mass is 317 g/mol. The second-order valence-electron chi connectivity index (χ2n) is 5.08. The van der Waals surface area contributed by atoms with Crippen LogP contribution in [0, 0.1) is 0 Å². The van der Waals surface area contributed by atoms with E-state index < -0.39 is 0 Å². The van der Waals surface area contributed by atoms with Crippen molar-refractivity contribution < 1.29 is 4.79 Å². The highest BCUT2D eigenvalue weighted by Gasteiger charge is 2.10. The number of carbonyl (C=O) groups is 1. The molecule has 0 radical (unpaired) electrons. The summed E-state index contributed by atoms with van der Waals surface area (Å²) in [6.07, 6.45) is 0. The zero-order valence-corrected chi connectivity index (χ0v) is 13.4. The summed E-state index contributed by atoms with van der Waals surface area (Å²) in [7, 11) is 0. The van der Waals surface area contributed by atoms with Crippen molar-refractivity contribution in [3.8, 4) is 0 Å². The number of rotatable bonds is 5. The number of hydrogen-bond acceptors (Lipinski definition) is 6. The topological polar surface area (TPSA) is 107 Å². The number of benzene rings is 1. The van der Waals surface area contributed by atoms with E-state index in [0.29, 0.717) is 22.7 Å². The van der Waals surface area contributed by atoms with Gasteiger partial charge in [0, 0.05) is 11.8 Å². The smallest absolute Gasteiger partial charge is 0.234 e. The summed E-state index contributed by atoms with van der Waals surface area (Å²) < 4.78 is 0. The number of nitrogen functional groups attached to an aromatic ring is 2. The molecule has 0 spiro atoms. The molecule has 0 bridgehead atoms. The maximum Gasteiger partial charge on any atom is 0.234 e. The minimum atomic E-state index is -0.123. The van der Waals surface area contributed by atoms with Gasteiger partial charge in [-0.25, -0.2) is 9.97 Å². The number of nitrogens with zero attached hydrogens (tertiary/aromatic N) is 2. The van der Waals surface area contributed by atoms with Gasteiger partial charge in [0.15, 0.2) is 5.16 Å². The fraction of sp³-hybridized carbons (Fsp3) is 0.267. The molecule has 1 heterocycles. The molecule has 6 nitrogen and oxygen atoms in total. The van der Waals surface area contributed by atoms with Crippen LogP contribution in [-0.2, 0) is 4.79 Å². The van der Waals surface area contributed by atoms with Crippen LogP contribution in [0.5, 0.6) is 0 Å². The summed E-state index contributed by atoms with van der Waals surface area (Å²) in [4.78, 5) is 20.1. The molecule has 0 aliphatic carbocycles. The zero-order chi connectivity index (χ0) is 16.1. The number of anilines is 3. The second-order valence-corrected chi connectivity index (χ2v) is 6.02. The van der Waals surface area contributed by atoms with Crippen molar-refractivity contribution in [1.29, 1.82) is 0 Å². The predicted octanol–water partition coefficient (Wildman–Crippen LogP) is 2.50. The molecule has 0 atom stereocenters. The van der Waals surface area contributed by atoms with Crippen LogP contribution < -0.4 is 16.8 Å². The maximum atomic E-state index is 12.1. The number of carbonyl (C=O) groups excluding carboxylic acids is 1. The van der Waals surface area contributed by atoms with Crippen molar-refractivity contribution in [3.63, 3.8) is 0 Å². The molecule has 22 heavy (non-hydrogen) atoms. The van der Waals surface area contributed by atoms with Gasteiger partial charge >= 0.3 is 0 Å². The molecular formula is C15H19N5OS. The van der Waals surface area contributed by atoms with Crippen LogP contribution in [-0.4, -0.2) is 21.6 Å². The lowest BCUT2D eigenvalue weighted by Crippen LogP contribution is -2.16. The second kappa shape index (κ2) is 7.13. The minimum absolute atomic E-state index is 0.123. The van der Waals surface area contributed by atoms with Crippen LogP contribution in [0.2, 0.25) is 0 Å². The van der Waals surface area contributed by atoms with Gasteiger partial charge in [0.05, 0.1) is 5.75 Å². The van der Waals surface area contributed by atoms with E-state index in [9.17, 15) is 4.79 Å². The summed E-state index contributed by atoms with van der Waals surface area (Å²) in [5, 5.41) is 3.31. The first-order chi connectivity index (χ1) is 10.5. The molecule has 1 aromatic heterocycles. The van der Waals surface area contributed by atoms with E-state index in [-0.39, 0.29) is 11.7 Å². The third-order valence-electron chi connectivity index (χ3n) is 2.93. The lowest BCUT2D eigenvalue weighted by Gasteiger charge is -2.13. The van der Waals surface area contributed by atoms with Crippen molar-refractivity contribution in [2.75, 3.05) is 22.5 Å². The lowest BCUT2D eigenvalue weighted by molar-refractivity contribution is -0.113. The number of nitrogens with two attached hydrogens (primary N) is 2. The molecule has 2 rings (SSSR count). The van der Waals surface area contributed by atoms with Gasteiger partial charge in [0.2, 0.25) is 5.91 Å². The Balaban J connectivity index is 1.99. The largest absolute Gasteiger partial charge is 0.383 e. The minimum Gasteiger partial charge on any atom is -0.383 e. The van der Waals surface area contributed by atoms with E-state index in [2.05, 4.69) is 29.1 Å². The Hall–Kier alpha value is -2.28. The SMILES string of the molecule is CC(C)c1ccccc1NC(=O)CSc1nc(N)cc(N)n1. The molecule has 7 heteroatoms.